The van der Waals surface area contributed by atoms with Crippen molar-refractivity contribution in [3.05, 3.63) is 77.4 Å². The summed E-state index contributed by atoms with van der Waals surface area (Å²) in [6.07, 6.45) is -2.15. The fourth-order valence-electron chi connectivity index (χ4n) is 4.12. The number of rotatable bonds is 5. The molecule has 5 rings (SSSR count). The summed E-state index contributed by atoms with van der Waals surface area (Å²) in [6.45, 7) is 0.187. The van der Waals surface area contributed by atoms with E-state index in [0.29, 0.717) is 23.6 Å². The van der Waals surface area contributed by atoms with E-state index in [1.54, 1.807) is 24.4 Å². The Kier molecular flexibility index (Phi) is 5.24. The molecule has 1 saturated carbocycles. The highest BCUT2D eigenvalue weighted by molar-refractivity contribution is 6.30. The third-order valence-electron chi connectivity index (χ3n) is 5.88. The van der Waals surface area contributed by atoms with Gasteiger partial charge in [-0.25, -0.2) is 9.69 Å². The van der Waals surface area contributed by atoms with Crippen LogP contribution in [0.3, 0.4) is 0 Å². The van der Waals surface area contributed by atoms with Crippen molar-refractivity contribution in [1.82, 2.24) is 9.88 Å². The van der Waals surface area contributed by atoms with Crippen LogP contribution in [0, 0.1) is 0 Å². The topological polar surface area (TPSA) is 62.7 Å². The molecule has 1 saturated heterocycles. The smallest absolute Gasteiger partial charge is 0.406 e. The van der Waals surface area contributed by atoms with E-state index < -0.39 is 23.7 Å². The third kappa shape index (κ3) is 4.07. The maximum atomic E-state index is 13.3. The van der Waals surface area contributed by atoms with Gasteiger partial charge in [0, 0.05) is 23.3 Å². The summed E-state index contributed by atoms with van der Waals surface area (Å²) in [6, 6.07) is 15.0. The van der Waals surface area contributed by atoms with Crippen LogP contribution in [0.5, 0.6) is 5.75 Å². The molecule has 3 aromatic rings. The second kappa shape index (κ2) is 8.02. The number of benzene rings is 2. The molecule has 3 amide bonds. The Balaban J connectivity index is 1.39. The standard InChI is InChI=1S/C24H17ClF3N3O3/c25-17-3-1-2-16(13-17)20-12-15(8-11-29-20)14-30-22(33)31(21(32)23(30)9-10-23)18-4-6-19(7-5-18)34-24(26,27)28/h1-8,11-13H,9-10,14H2. The van der Waals surface area contributed by atoms with E-state index >= 15 is 0 Å². The first-order chi connectivity index (χ1) is 16.2. The Morgan fingerprint density at radius 2 is 1.76 bits per heavy atom. The Labute approximate surface area is 197 Å². The molecule has 0 bridgehead atoms. The van der Waals surface area contributed by atoms with Crippen molar-refractivity contribution in [2.24, 2.45) is 0 Å². The van der Waals surface area contributed by atoms with E-state index in [0.717, 1.165) is 28.2 Å². The molecule has 6 nitrogen and oxygen atoms in total. The summed E-state index contributed by atoms with van der Waals surface area (Å²) in [5, 5.41) is 0.573. The van der Waals surface area contributed by atoms with Gasteiger partial charge in [-0.15, -0.1) is 13.2 Å². The number of pyridine rings is 1. The fourth-order valence-corrected chi connectivity index (χ4v) is 4.31. The van der Waals surface area contributed by atoms with Crippen molar-refractivity contribution < 1.29 is 27.5 Å². The Morgan fingerprint density at radius 3 is 2.41 bits per heavy atom. The lowest BCUT2D eigenvalue weighted by atomic mass is 10.1. The Hall–Kier alpha value is -3.59. The van der Waals surface area contributed by atoms with Gasteiger partial charge in [-0.2, -0.15) is 0 Å². The van der Waals surface area contributed by atoms with Crippen molar-refractivity contribution >= 4 is 29.2 Å². The number of carbonyl (C=O) groups excluding carboxylic acids is 2. The van der Waals surface area contributed by atoms with Gasteiger partial charge in [0.05, 0.1) is 11.4 Å². The van der Waals surface area contributed by atoms with Gasteiger partial charge in [-0.1, -0.05) is 23.7 Å². The molecule has 0 radical (unpaired) electrons. The number of halogens is 4. The molecule has 1 aliphatic heterocycles. The van der Waals surface area contributed by atoms with Gasteiger partial charge in [-0.3, -0.25) is 9.78 Å². The van der Waals surface area contributed by atoms with E-state index in [1.165, 1.54) is 17.0 Å². The van der Waals surface area contributed by atoms with Gasteiger partial charge in [0.2, 0.25) is 0 Å². The fraction of sp³-hybridized carbons (Fsp3) is 0.208. The molecule has 0 unspecified atom stereocenters. The van der Waals surface area contributed by atoms with Crippen LogP contribution < -0.4 is 9.64 Å². The summed E-state index contributed by atoms with van der Waals surface area (Å²) in [4.78, 5) is 33.4. The molecule has 174 valence electrons. The number of nitrogens with zero attached hydrogens (tertiary/aromatic N) is 3. The molecule has 2 fully saturated rings. The zero-order chi connectivity index (χ0) is 24.1. The van der Waals surface area contributed by atoms with Crippen LogP contribution in [-0.2, 0) is 11.3 Å². The van der Waals surface area contributed by atoms with Crippen LogP contribution in [-0.4, -0.2) is 33.7 Å². The van der Waals surface area contributed by atoms with Crippen molar-refractivity contribution in [3.63, 3.8) is 0 Å². The molecule has 2 heterocycles. The van der Waals surface area contributed by atoms with Crippen molar-refractivity contribution in [3.8, 4) is 17.0 Å². The SMILES string of the molecule is O=C1N(c2ccc(OC(F)(F)F)cc2)C(=O)C2(CC2)N1Cc1ccnc(-c2cccc(Cl)c2)c1. The van der Waals surface area contributed by atoms with Crippen molar-refractivity contribution in [2.45, 2.75) is 31.3 Å². The number of alkyl halides is 3. The number of amides is 3. The van der Waals surface area contributed by atoms with E-state index in [4.69, 9.17) is 11.6 Å². The lowest BCUT2D eigenvalue weighted by Crippen LogP contribution is -2.36. The molecule has 1 spiro atoms. The number of imide groups is 1. The molecule has 1 aromatic heterocycles. The predicted octanol–water partition coefficient (Wildman–Crippen LogP) is 5.80. The predicted molar refractivity (Wildman–Crippen MR) is 118 cm³/mol. The van der Waals surface area contributed by atoms with Crippen LogP contribution in [0.1, 0.15) is 18.4 Å². The van der Waals surface area contributed by atoms with E-state index in [-0.39, 0.29) is 18.1 Å². The summed E-state index contributed by atoms with van der Waals surface area (Å²) in [5.41, 5.74) is 1.54. The summed E-state index contributed by atoms with van der Waals surface area (Å²) >= 11 is 6.08. The molecule has 0 N–H and O–H groups in total. The van der Waals surface area contributed by atoms with Gasteiger partial charge in [0.25, 0.3) is 5.91 Å². The minimum atomic E-state index is -4.83. The average molecular weight is 488 g/mol. The second-order valence-electron chi connectivity index (χ2n) is 8.14. The first-order valence-electron chi connectivity index (χ1n) is 10.4. The second-order valence-corrected chi connectivity index (χ2v) is 8.58. The van der Waals surface area contributed by atoms with Gasteiger partial charge < -0.3 is 9.64 Å². The van der Waals surface area contributed by atoms with Gasteiger partial charge in [-0.05, 0) is 66.9 Å². The van der Waals surface area contributed by atoms with Crippen LogP contribution in [0.2, 0.25) is 5.02 Å². The van der Waals surface area contributed by atoms with Crippen LogP contribution in [0.15, 0.2) is 66.9 Å². The zero-order valence-electron chi connectivity index (χ0n) is 17.6. The van der Waals surface area contributed by atoms with Crippen molar-refractivity contribution in [1.29, 1.82) is 0 Å². The minimum absolute atomic E-state index is 0.187. The highest BCUT2D eigenvalue weighted by Crippen LogP contribution is 2.49. The first-order valence-corrected chi connectivity index (χ1v) is 10.8. The minimum Gasteiger partial charge on any atom is -0.406 e. The monoisotopic (exact) mass is 487 g/mol. The molecular weight excluding hydrogens is 471 g/mol. The van der Waals surface area contributed by atoms with Crippen LogP contribution in [0.25, 0.3) is 11.3 Å². The highest BCUT2D eigenvalue weighted by atomic mass is 35.5. The Bertz CT molecular complexity index is 1280. The van der Waals surface area contributed by atoms with Crippen molar-refractivity contribution in [2.75, 3.05) is 4.90 Å². The Morgan fingerprint density at radius 1 is 1.03 bits per heavy atom. The molecule has 0 atom stereocenters. The van der Waals surface area contributed by atoms with Crippen LogP contribution >= 0.6 is 11.6 Å². The average Bonchev–Trinajstić information content (AvgIpc) is 3.56. The quantitative estimate of drug-likeness (QED) is 0.427. The largest absolute Gasteiger partial charge is 0.573 e. The van der Waals surface area contributed by atoms with Gasteiger partial charge in [0.15, 0.2) is 0 Å². The first kappa shape index (κ1) is 22.2. The van der Waals surface area contributed by atoms with Crippen LogP contribution in [0.4, 0.5) is 23.7 Å². The number of hydrogen-bond donors (Lipinski definition) is 0. The number of hydrogen-bond acceptors (Lipinski definition) is 4. The van der Waals surface area contributed by atoms with Gasteiger partial charge >= 0.3 is 12.4 Å². The molecule has 2 aromatic carbocycles. The number of aromatic nitrogens is 1. The molecule has 34 heavy (non-hydrogen) atoms. The van der Waals surface area contributed by atoms with E-state index in [9.17, 15) is 22.8 Å². The maximum Gasteiger partial charge on any atom is 0.573 e. The number of anilines is 1. The van der Waals surface area contributed by atoms with E-state index in [1.807, 2.05) is 18.2 Å². The molecule has 10 heteroatoms. The summed E-state index contributed by atoms with van der Waals surface area (Å²) < 4.78 is 41.2. The maximum absolute atomic E-state index is 13.3. The summed E-state index contributed by atoms with van der Waals surface area (Å²) in [5.74, 6) is -0.815. The number of carbonyl (C=O) groups is 2. The normalized spacial score (nSPS) is 16.9. The summed E-state index contributed by atoms with van der Waals surface area (Å²) in [7, 11) is 0. The molecular formula is C24H17ClF3N3O3. The number of ether oxygens (including phenoxy) is 1. The van der Waals surface area contributed by atoms with Gasteiger partial charge in [0.1, 0.15) is 11.3 Å². The highest BCUT2D eigenvalue weighted by Gasteiger charge is 2.65. The third-order valence-corrected chi connectivity index (χ3v) is 6.11. The molecule has 1 aliphatic carbocycles. The number of urea groups is 1. The zero-order valence-corrected chi connectivity index (χ0v) is 18.3. The lowest BCUT2D eigenvalue weighted by Gasteiger charge is -2.21. The van der Waals surface area contributed by atoms with E-state index in [2.05, 4.69) is 9.72 Å². The molecule has 2 aliphatic rings. The lowest BCUT2D eigenvalue weighted by molar-refractivity contribution is -0.274.